The fourth-order valence-corrected chi connectivity index (χ4v) is 6.27. The van der Waals surface area contributed by atoms with Crippen molar-refractivity contribution in [3.8, 4) is 0 Å². The van der Waals surface area contributed by atoms with Gasteiger partial charge in [-0.2, -0.15) is 0 Å². The van der Waals surface area contributed by atoms with Gasteiger partial charge in [0, 0.05) is 19.3 Å². The predicted octanol–water partition coefficient (Wildman–Crippen LogP) is 10.5. The van der Waals surface area contributed by atoms with E-state index in [2.05, 4.69) is 77.6 Å². The van der Waals surface area contributed by atoms with Crippen LogP contribution in [-0.4, -0.2) is 76.1 Å². The highest BCUT2D eigenvalue weighted by Crippen LogP contribution is 2.43. The average molecular weight is 913 g/mol. The molecule has 14 nitrogen and oxygen atoms in total. The predicted molar refractivity (Wildman–Crippen MR) is 244 cm³/mol. The molecule has 0 aromatic heterocycles. The van der Waals surface area contributed by atoms with Crippen molar-refractivity contribution in [1.29, 1.82) is 0 Å². The summed E-state index contributed by atoms with van der Waals surface area (Å²) in [6.07, 6.45) is 44.0. The van der Waals surface area contributed by atoms with Gasteiger partial charge in [0.15, 0.2) is 11.9 Å². The molecule has 0 aliphatic rings. The van der Waals surface area contributed by atoms with Crippen LogP contribution in [0.15, 0.2) is 97.2 Å². The second-order valence-corrected chi connectivity index (χ2v) is 17.0. The summed E-state index contributed by atoms with van der Waals surface area (Å²) in [5, 5.41) is 9.74. The van der Waals surface area contributed by atoms with Gasteiger partial charge in [-0.25, -0.2) is 9.13 Å². The van der Waals surface area contributed by atoms with E-state index in [0.717, 1.165) is 83.5 Å². The van der Waals surface area contributed by atoms with Crippen LogP contribution >= 0.6 is 15.6 Å². The van der Waals surface area contributed by atoms with E-state index in [4.69, 9.17) is 23.8 Å². The second kappa shape index (κ2) is 40.5. The Morgan fingerprint density at radius 3 is 1.66 bits per heavy atom. The van der Waals surface area contributed by atoms with Crippen LogP contribution in [0.5, 0.6) is 0 Å². The van der Waals surface area contributed by atoms with Gasteiger partial charge in [0.25, 0.3) is 0 Å². The normalized spacial score (nSPS) is 14.8. The molecule has 4 N–H and O–H groups in total. The van der Waals surface area contributed by atoms with Gasteiger partial charge in [0.1, 0.15) is 12.7 Å². The minimum absolute atomic E-state index is 0.0468. The van der Waals surface area contributed by atoms with E-state index in [1.54, 1.807) is 12.2 Å². The number of ketones is 1. The molecular formula is C46H74O14P2. The second-order valence-electron chi connectivity index (χ2n) is 14.3. The molecule has 0 aliphatic carbocycles. The highest BCUT2D eigenvalue weighted by Gasteiger charge is 2.28. The number of hydrogen-bond acceptors (Lipinski definition) is 11. The number of ether oxygens (including phenoxy) is 2. The number of carbonyl (C=O) groups is 3. The summed E-state index contributed by atoms with van der Waals surface area (Å²) in [7, 11) is -9.74. The number of aliphatic hydroxyl groups is 1. The first-order valence-electron chi connectivity index (χ1n) is 21.9. The number of phosphoric ester groups is 2. The molecule has 0 aromatic carbocycles. The molecule has 0 aliphatic heterocycles. The summed E-state index contributed by atoms with van der Waals surface area (Å²) in [5.41, 5.74) is 0. The molecule has 0 fully saturated rings. The minimum atomic E-state index is -4.89. The van der Waals surface area contributed by atoms with Crippen LogP contribution in [0.3, 0.4) is 0 Å². The monoisotopic (exact) mass is 912 g/mol. The Balaban J connectivity index is 4.71. The summed E-state index contributed by atoms with van der Waals surface area (Å²) in [6, 6.07) is 0. The number of hydrogen-bond donors (Lipinski definition) is 4. The third kappa shape index (κ3) is 43.4. The van der Waals surface area contributed by atoms with Gasteiger partial charge < -0.3 is 29.3 Å². The van der Waals surface area contributed by atoms with Crippen molar-refractivity contribution in [1.82, 2.24) is 0 Å². The first kappa shape index (κ1) is 58.7. The number of unbranched alkanes of at least 4 members (excludes halogenated alkanes) is 7. The number of esters is 2. The molecule has 0 bridgehead atoms. The van der Waals surface area contributed by atoms with Gasteiger partial charge in [0.2, 0.25) is 0 Å². The number of allylic oxidation sites excluding steroid dienone is 16. The molecule has 0 amide bonds. The molecule has 352 valence electrons. The maximum absolute atomic E-state index is 12.7. The van der Waals surface area contributed by atoms with E-state index in [9.17, 15) is 33.5 Å². The highest BCUT2D eigenvalue weighted by atomic mass is 31.2. The van der Waals surface area contributed by atoms with Crippen molar-refractivity contribution < 1.29 is 66.3 Å². The SMILES string of the molecule is CC/C=C\C/C=C\C/C=C\C/C=C\C/C=C\C/C=C\CCC(=O)OC[C@H](COP(=O)(O)OC[C@@H](O)COP(=O)(O)O)OC(=O)CCCCCCC/C=C\C=C\C(=O)CCCCC. The van der Waals surface area contributed by atoms with E-state index < -0.39 is 66.2 Å². The number of carbonyl (C=O) groups excluding carboxylic acids is 3. The van der Waals surface area contributed by atoms with E-state index in [-0.39, 0.29) is 18.6 Å². The first-order valence-corrected chi connectivity index (χ1v) is 24.9. The van der Waals surface area contributed by atoms with Crippen LogP contribution in [-0.2, 0) is 46.6 Å². The number of rotatable bonds is 40. The van der Waals surface area contributed by atoms with E-state index in [0.29, 0.717) is 25.7 Å². The minimum Gasteiger partial charge on any atom is -0.462 e. The van der Waals surface area contributed by atoms with Crippen molar-refractivity contribution in [2.75, 3.05) is 26.4 Å². The average Bonchev–Trinajstić information content (AvgIpc) is 3.23. The highest BCUT2D eigenvalue weighted by molar-refractivity contribution is 7.47. The van der Waals surface area contributed by atoms with Crippen LogP contribution < -0.4 is 0 Å². The smallest absolute Gasteiger partial charge is 0.462 e. The van der Waals surface area contributed by atoms with Gasteiger partial charge in [-0.15, -0.1) is 0 Å². The lowest BCUT2D eigenvalue weighted by atomic mass is 10.1. The molecule has 0 saturated heterocycles. The molecule has 0 radical (unpaired) electrons. The Bertz CT molecular complexity index is 1520. The van der Waals surface area contributed by atoms with Gasteiger partial charge >= 0.3 is 27.6 Å². The molecule has 1 unspecified atom stereocenters. The van der Waals surface area contributed by atoms with Crippen molar-refractivity contribution >= 4 is 33.4 Å². The Hall–Kier alpha value is -3.29. The Kier molecular flexibility index (Phi) is 38.3. The summed E-state index contributed by atoms with van der Waals surface area (Å²) < 4.78 is 47.6. The standard InChI is InChI=1S/C46H74O14P2/c1-3-5-7-8-9-10-11-12-13-14-15-16-17-18-19-22-25-28-32-36-45(49)56-40-44(41-59-62(54,55)58-39-43(48)38-57-61(51,52)53)60-46(50)37-33-29-26-23-20-21-24-27-31-35-42(47)34-30-6-4-2/h5,7,9-10,12-13,15-16,18-19,24-25,27-28,31,35,43-44,48H,3-4,6,8,11,14,17,20-23,26,29-30,32-34,36-41H2,1-2H3,(H,54,55)(H2,51,52,53)/b7-5-,10-9-,13-12-,16-15-,19-18-,27-24-,28-25-,35-31+/t43-,44+/m0/s1. The van der Waals surface area contributed by atoms with Crippen LogP contribution in [0.1, 0.15) is 136 Å². The third-order valence-corrected chi connectivity index (χ3v) is 9.87. The van der Waals surface area contributed by atoms with Gasteiger partial charge in [-0.05, 0) is 76.7 Å². The van der Waals surface area contributed by atoms with Crippen LogP contribution in [0, 0.1) is 0 Å². The molecule has 62 heavy (non-hydrogen) atoms. The van der Waals surface area contributed by atoms with Crippen LogP contribution in [0.4, 0.5) is 0 Å². The topological polar surface area (TPSA) is 212 Å². The molecule has 0 saturated carbocycles. The lowest BCUT2D eigenvalue weighted by Crippen LogP contribution is -2.29. The third-order valence-electron chi connectivity index (χ3n) is 8.44. The Labute approximate surface area is 370 Å². The summed E-state index contributed by atoms with van der Waals surface area (Å²) in [6.45, 7) is 1.33. The lowest BCUT2D eigenvalue weighted by molar-refractivity contribution is -0.161. The van der Waals surface area contributed by atoms with Gasteiger partial charge in [-0.1, -0.05) is 137 Å². The first-order chi connectivity index (χ1) is 29.8. The quantitative estimate of drug-likeness (QED) is 0.0112. The molecule has 16 heteroatoms. The molecule has 0 aromatic rings. The van der Waals surface area contributed by atoms with E-state index >= 15 is 0 Å². The molecular weight excluding hydrogens is 838 g/mol. The molecule has 0 heterocycles. The summed E-state index contributed by atoms with van der Waals surface area (Å²) >= 11 is 0. The largest absolute Gasteiger partial charge is 0.472 e. The fourth-order valence-electron chi connectivity index (χ4n) is 5.12. The van der Waals surface area contributed by atoms with Crippen molar-refractivity contribution in [3.63, 3.8) is 0 Å². The zero-order valence-corrected chi connectivity index (χ0v) is 38.7. The number of aliphatic hydroxyl groups excluding tert-OH is 1. The van der Waals surface area contributed by atoms with E-state index in [1.165, 1.54) is 0 Å². The lowest BCUT2D eigenvalue weighted by Gasteiger charge is -2.20. The summed E-state index contributed by atoms with van der Waals surface area (Å²) in [5.74, 6) is -1.06. The van der Waals surface area contributed by atoms with Crippen molar-refractivity contribution in [2.24, 2.45) is 0 Å². The summed E-state index contributed by atoms with van der Waals surface area (Å²) in [4.78, 5) is 64.4. The van der Waals surface area contributed by atoms with Crippen LogP contribution in [0.25, 0.3) is 0 Å². The Morgan fingerprint density at radius 1 is 0.532 bits per heavy atom. The van der Waals surface area contributed by atoms with Gasteiger partial charge in [-0.3, -0.25) is 28.0 Å². The van der Waals surface area contributed by atoms with Gasteiger partial charge in [0.05, 0.1) is 19.8 Å². The molecule has 3 atom stereocenters. The zero-order chi connectivity index (χ0) is 46.0. The Morgan fingerprint density at radius 2 is 1.06 bits per heavy atom. The van der Waals surface area contributed by atoms with Crippen molar-refractivity contribution in [2.45, 2.75) is 148 Å². The van der Waals surface area contributed by atoms with Crippen molar-refractivity contribution in [3.05, 3.63) is 97.2 Å². The number of phosphoric acid groups is 2. The maximum Gasteiger partial charge on any atom is 0.472 e. The van der Waals surface area contributed by atoms with Crippen LogP contribution in [0.2, 0.25) is 0 Å². The van der Waals surface area contributed by atoms with E-state index in [1.807, 2.05) is 30.4 Å². The molecule has 0 spiro atoms. The fraction of sp³-hybridized carbons (Fsp3) is 0.587. The maximum atomic E-state index is 12.7. The molecule has 0 rings (SSSR count). The zero-order valence-electron chi connectivity index (χ0n) is 36.9.